The molecule has 2 aromatic rings. The SMILES string of the molecule is Cc1nn(-c2ccccc2)c(C)c1C(=O)NCCCN(C)C. The molecule has 0 spiro atoms. The lowest BCUT2D eigenvalue weighted by atomic mass is 10.2. The Labute approximate surface area is 131 Å². The number of benzene rings is 1. The lowest BCUT2D eigenvalue weighted by molar-refractivity contribution is 0.0951. The molecule has 22 heavy (non-hydrogen) atoms. The number of carbonyl (C=O) groups is 1. The fourth-order valence-corrected chi connectivity index (χ4v) is 2.48. The number of carbonyl (C=O) groups excluding carboxylic acids is 1. The maximum atomic E-state index is 12.4. The lowest BCUT2D eigenvalue weighted by Crippen LogP contribution is -2.27. The van der Waals surface area contributed by atoms with Gasteiger partial charge in [-0.2, -0.15) is 5.10 Å². The van der Waals surface area contributed by atoms with E-state index in [1.54, 1.807) is 0 Å². The van der Waals surface area contributed by atoms with E-state index in [9.17, 15) is 4.79 Å². The first-order valence-electron chi connectivity index (χ1n) is 7.55. The van der Waals surface area contributed by atoms with Crippen LogP contribution in [-0.4, -0.2) is 47.8 Å². The Balaban J connectivity index is 2.12. The fraction of sp³-hybridized carbons (Fsp3) is 0.412. The zero-order chi connectivity index (χ0) is 16.1. The van der Waals surface area contributed by atoms with Crippen LogP contribution >= 0.6 is 0 Å². The fourth-order valence-electron chi connectivity index (χ4n) is 2.48. The van der Waals surface area contributed by atoms with Crippen molar-refractivity contribution in [3.63, 3.8) is 0 Å². The molecule has 0 unspecified atom stereocenters. The van der Waals surface area contributed by atoms with Gasteiger partial charge >= 0.3 is 0 Å². The molecule has 118 valence electrons. The van der Waals surface area contributed by atoms with Crippen LogP contribution in [0.3, 0.4) is 0 Å². The molecule has 0 bridgehead atoms. The molecule has 5 nitrogen and oxygen atoms in total. The number of nitrogens with zero attached hydrogens (tertiary/aromatic N) is 3. The Morgan fingerprint density at radius 2 is 1.91 bits per heavy atom. The highest BCUT2D eigenvalue weighted by molar-refractivity contribution is 5.96. The quantitative estimate of drug-likeness (QED) is 0.832. The predicted octanol–water partition coefficient (Wildman–Crippen LogP) is 2.17. The van der Waals surface area contributed by atoms with Crippen LogP contribution in [-0.2, 0) is 0 Å². The minimum Gasteiger partial charge on any atom is -0.352 e. The number of hydrogen-bond donors (Lipinski definition) is 1. The molecular formula is C17H24N4O. The molecule has 5 heteroatoms. The molecule has 0 aliphatic heterocycles. The van der Waals surface area contributed by atoms with Crippen LogP contribution in [0.2, 0.25) is 0 Å². The zero-order valence-corrected chi connectivity index (χ0v) is 13.8. The average Bonchev–Trinajstić information content (AvgIpc) is 2.79. The first-order chi connectivity index (χ1) is 10.5. The van der Waals surface area contributed by atoms with Crippen molar-refractivity contribution in [2.45, 2.75) is 20.3 Å². The molecule has 0 saturated carbocycles. The molecule has 1 heterocycles. The van der Waals surface area contributed by atoms with E-state index in [-0.39, 0.29) is 5.91 Å². The summed E-state index contributed by atoms with van der Waals surface area (Å²) < 4.78 is 1.82. The van der Waals surface area contributed by atoms with Gasteiger partial charge in [0.1, 0.15) is 0 Å². The van der Waals surface area contributed by atoms with Crippen molar-refractivity contribution in [2.24, 2.45) is 0 Å². The van der Waals surface area contributed by atoms with E-state index in [2.05, 4.69) is 15.3 Å². The second-order valence-electron chi connectivity index (χ2n) is 5.71. The van der Waals surface area contributed by atoms with Crippen LogP contribution in [0.1, 0.15) is 28.2 Å². The second-order valence-corrected chi connectivity index (χ2v) is 5.71. The first-order valence-corrected chi connectivity index (χ1v) is 7.55. The van der Waals surface area contributed by atoms with Gasteiger partial charge in [-0.05, 0) is 53.0 Å². The van der Waals surface area contributed by atoms with Crippen LogP contribution in [0.4, 0.5) is 0 Å². The van der Waals surface area contributed by atoms with Gasteiger partial charge in [-0.25, -0.2) is 4.68 Å². The van der Waals surface area contributed by atoms with Gasteiger partial charge in [-0.15, -0.1) is 0 Å². The van der Waals surface area contributed by atoms with Crippen molar-refractivity contribution in [1.82, 2.24) is 20.0 Å². The van der Waals surface area contributed by atoms with Crippen molar-refractivity contribution in [3.05, 3.63) is 47.3 Å². The summed E-state index contributed by atoms with van der Waals surface area (Å²) in [6, 6.07) is 9.86. The Kier molecular flexibility index (Phi) is 5.33. The molecule has 0 atom stereocenters. The van der Waals surface area contributed by atoms with E-state index in [1.807, 2.05) is 63.0 Å². The average molecular weight is 300 g/mol. The van der Waals surface area contributed by atoms with E-state index in [4.69, 9.17) is 0 Å². The van der Waals surface area contributed by atoms with Gasteiger partial charge in [-0.3, -0.25) is 4.79 Å². The molecule has 1 aromatic carbocycles. The largest absolute Gasteiger partial charge is 0.352 e. The van der Waals surface area contributed by atoms with Crippen molar-refractivity contribution < 1.29 is 4.79 Å². The monoisotopic (exact) mass is 300 g/mol. The highest BCUT2D eigenvalue weighted by Gasteiger charge is 2.18. The smallest absolute Gasteiger partial charge is 0.255 e. The van der Waals surface area contributed by atoms with Crippen LogP contribution in [0.5, 0.6) is 0 Å². The van der Waals surface area contributed by atoms with Crippen molar-refractivity contribution >= 4 is 5.91 Å². The third kappa shape index (κ3) is 3.74. The summed E-state index contributed by atoms with van der Waals surface area (Å²) in [4.78, 5) is 14.5. The summed E-state index contributed by atoms with van der Waals surface area (Å²) in [5.74, 6) is -0.0454. The van der Waals surface area contributed by atoms with Gasteiger partial charge in [-0.1, -0.05) is 18.2 Å². The number of hydrogen-bond acceptors (Lipinski definition) is 3. The summed E-state index contributed by atoms with van der Waals surface area (Å²) in [6.07, 6.45) is 0.934. The van der Waals surface area contributed by atoms with Crippen LogP contribution in [0, 0.1) is 13.8 Å². The van der Waals surface area contributed by atoms with Gasteiger partial charge in [0.15, 0.2) is 0 Å². The van der Waals surface area contributed by atoms with E-state index in [0.29, 0.717) is 12.1 Å². The first kappa shape index (κ1) is 16.2. The molecule has 0 radical (unpaired) electrons. The minimum atomic E-state index is -0.0454. The number of aromatic nitrogens is 2. The molecule has 2 rings (SSSR count). The molecule has 1 aromatic heterocycles. The molecule has 0 aliphatic rings. The van der Waals surface area contributed by atoms with Crippen LogP contribution in [0.15, 0.2) is 30.3 Å². The molecular weight excluding hydrogens is 276 g/mol. The predicted molar refractivity (Wildman–Crippen MR) is 88.5 cm³/mol. The third-order valence-electron chi connectivity index (χ3n) is 3.59. The summed E-state index contributed by atoms with van der Waals surface area (Å²) in [7, 11) is 4.06. The number of para-hydroxylation sites is 1. The normalized spacial score (nSPS) is 11.0. The lowest BCUT2D eigenvalue weighted by Gasteiger charge is -2.10. The number of rotatable bonds is 6. The summed E-state index contributed by atoms with van der Waals surface area (Å²) >= 11 is 0. The minimum absolute atomic E-state index is 0.0454. The molecule has 1 amide bonds. The molecule has 0 saturated heterocycles. The molecule has 0 fully saturated rings. The summed E-state index contributed by atoms with van der Waals surface area (Å²) in [5.41, 5.74) is 3.27. The molecule has 0 aliphatic carbocycles. The number of nitrogens with one attached hydrogen (secondary N) is 1. The Morgan fingerprint density at radius 1 is 1.23 bits per heavy atom. The molecule has 1 N–H and O–H groups in total. The Morgan fingerprint density at radius 3 is 2.55 bits per heavy atom. The number of amides is 1. The summed E-state index contributed by atoms with van der Waals surface area (Å²) in [5, 5.41) is 7.49. The number of aryl methyl sites for hydroxylation is 1. The Bertz CT molecular complexity index is 632. The van der Waals surface area contributed by atoms with Crippen molar-refractivity contribution in [2.75, 3.05) is 27.2 Å². The highest BCUT2D eigenvalue weighted by Crippen LogP contribution is 2.17. The maximum absolute atomic E-state index is 12.4. The Hall–Kier alpha value is -2.14. The zero-order valence-electron chi connectivity index (χ0n) is 13.8. The van der Waals surface area contributed by atoms with E-state index in [1.165, 1.54) is 0 Å². The van der Waals surface area contributed by atoms with Gasteiger partial charge < -0.3 is 10.2 Å². The van der Waals surface area contributed by atoms with E-state index < -0.39 is 0 Å². The van der Waals surface area contributed by atoms with Crippen molar-refractivity contribution in [1.29, 1.82) is 0 Å². The van der Waals surface area contributed by atoms with Crippen molar-refractivity contribution in [3.8, 4) is 5.69 Å². The third-order valence-corrected chi connectivity index (χ3v) is 3.59. The van der Waals surface area contributed by atoms with Gasteiger partial charge in [0, 0.05) is 6.54 Å². The van der Waals surface area contributed by atoms with Gasteiger partial charge in [0.25, 0.3) is 5.91 Å². The maximum Gasteiger partial charge on any atom is 0.255 e. The van der Waals surface area contributed by atoms with Gasteiger partial charge in [0.2, 0.25) is 0 Å². The van der Waals surface area contributed by atoms with Crippen LogP contribution < -0.4 is 5.32 Å². The van der Waals surface area contributed by atoms with Gasteiger partial charge in [0.05, 0.1) is 22.6 Å². The highest BCUT2D eigenvalue weighted by atomic mass is 16.1. The van der Waals surface area contributed by atoms with E-state index in [0.717, 1.165) is 30.0 Å². The standard InChI is InChI=1S/C17H24N4O/c1-13-16(17(22)18-11-8-12-20(3)4)14(2)21(19-13)15-9-6-5-7-10-15/h5-7,9-10H,8,11-12H2,1-4H3,(H,18,22). The van der Waals surface area contributed by atoms with E-state index >= 15 is 0 Å². The summed E-state index contributed by atoms with van der Waals surface area (Å²) in [6.45, 7) is 5.44. The topological polar surface area (TPSA) is 50.2 Å². The second kappa shape index (κ2) is 7.22. The van der Waals surface area contributed by atoms with Crippen LogP contribution in [0.25, 0.3) is 5.69 Å².